The summed E-state index contributed by atoms with van der Waals surface area (Å²) in [7, 11) is 0. The maximum Gasteiger partial charge on any atom is 0.324 e. The molecule has 0 aromatic heterocycles. The number of likely N-dealkylation sites (tertiary alicyclic amines) is 1. The molecular weight excluding hydrogens is 260 g/mol. The molecule has 0 aliphatic carbocycles. The maximum absolute atomic E-state index is 11.8. The number of urea groups is 2. The number of amides is 5. The van der Waals surface area contributed by atoms with Gasteiger partial charge in [0.2, 0.25) is 5.91 Å². The number of benzene rings is 1. The average Bonchev–Trinajstić information content (AvgIpc) is 2.83. The first-order valence-corrected chi connectivity index (χ1v) is 6.30. The highest BCUT2D eigenvalue weighted by Crippen LogP contribution is 2.11. The number of anilines is 1. The molecule has 7 heteroatoms. The third-order valence-electron chi connectivity index (χ3n) is 2.98. The Labute approximate surface area is 116 Å². The maximum atomic E-state index is 11.8. The van der Waals surface area contributed by atoms with Crippen LogP contribution in [0.25, 0.3) is 0 Å². The van der Waals surface area contributed by atoms with Gasteiger partial charge in [0, 0.05) is 25.2 Å². The van der Waals surface area contributed by atoms with Crippen LogP contribution in [0.4, 0.5) is 15.3 Å². The number of hydrogen-bond donors (Lipinski definition) is 3. The molecule has 20 heavy (non-hydrogen) atoms. The molecule has 0 atom stereocenters. The molecule has 1 aliphatic heterocycles. The van der Waals surface area contributed by atoms with Crippen LogP contribution in [0, 0.1) is 0 Å². The van der Waals surface area contributed by atoms with E-state index in [0.717, 1.165) is 12.0 Å². The van der Waals surface area contributed by atoms with Crippen molar-refractivity contribution in [3.63, 3.8) is 0 Å². The quantitative estimate of drug-likeness (QED) is 0.767. The Balaban J connectivity index is 1.86. The second kappa shape index (κ2) is 6.05. The van der Waals surface area contributed by atoms with Crippen LogP contribution in [-0.4, -0.2) is 29.4 Å². The van der Waals surface area contributed by atoms with E-state index in [4.69, 9.17) is 5.73 Å². The molecule has 0 radical (unpaired) electrons. The van der Waals surface area contributed by atoms with Gasteiger partial charge in [0.15, 0.2) is 0 Å². The van der Waals surface area contributed by atoms with Crippen molar-refractivity contribution in [1.82, 2.24) is 10.2 Å². The fourth-order valence-corrected chi connectivity index (χ4v) is 1.98. The van der Waals surface area contributed by atoms with Crippen LogP contribution >= 0.6 is 0 Å². The SMILES string of the molecule is NC(=O)Nc1ccc(CNC(=O)N2CCCC2=O)cc1. The molecule has 7 nitrogen and oxygen atoms in total. The number of carbonyl (C=O) groups is 3. The lowest BCUT2D eigenvalue weighted by Crippen LogP contribution is -2.40. The van der Waals surface area contributed by atoms with Crippen LogP contribution in [0.5, 0.6) is 0 Å². The van der Waals surface area contributed by atoms with Gasteiger partial charge in [0.25, 0.3) is 0 Å². The first kappa shape index (κ1) is 13.9. The molecule has 1 heterocycles. The fraction of sp³-hybridized carbons (Fsp3) is 0.308. The predicted octanol–water partition coefficient (Wildman–Crippen LogP) is 1.01. The number of imide groups is 1. The zero-order chi connectivity index (χ0) is 14.5. The predicted molar refractivity (Wildman–Crippen MR) is 72.8 cm³/mol. The molecule has 5 amide bonds. The van der Waals surface area contributed by atoms with Crippen LogP contribution in [0.15, 0.2) is 24.3 Å². The van der Waals surface area contributed by atoms with Gasteiger partial charge in [-0.25, -0.2) is 9.59 Å². The molecule has 1 aromatic carbocycles. The summed E-state index contributed by atoms with van der Waals surface area (Å²) in [4.78, 5) is 35.0. The summed E-state index contributed by atoms with van der Waals surface area (Å²) in [5.74, 6) is -0.136. The van der Waals surface area contributed by atoms with Gasteiger partial charge >= 0.3 is 12.1 Å². The van der Waals surface area contributed by atoms with E-state index in [1.807, 2.05) is 0 Å². The van der Waals surface area contributed by atoms with E-state index in [9.17, 15) is 14.4 Å². The molecule has 2 rings (SSSR count). The first-order valence-electron chi connectivity index (χ1n) is 6.30. The van der Waals surface area contributed by atoms with Crippen LogP contribution < -0.4 is 16.4 Å². The molecule has 1 aliphatic rings. The van der Waals surface area contributed by atoms with E-state index in [1.54, 1.807) is 24.3 Å². The minimum Gasteiger partial charge on any atom is -0.351 e. The fourth-order valence-electron chi connectivity index (χ4n) is 1.98. The number of rotatable bonds is 3. The van der Waals surface area contributed by atoms with Crippen molar-refractivity contribution >= 4 is 23.7 Å². The summed E-state index contributed by atoms with van der Waals surface area (Å²) >= 11 is 0. The smallest absolute Gasteiger partial charge is 0.324 e. The topological polar surface area (TPSA) is 105 Å². The van der Waals surface area contributed by atoms with Crippen molar-refractivity contribution in [2.75, 3.05) is 11.9 Å². The Morgan fingerprint density at radius 2 is 1.95 bits per heavy atom. The van der Waals surface area contributed by atoms with Crippen LogP contribution in [0.2, 0.25) is 0 Å². The minimum absolute atomic E-state index is 0.136. The molecule has 0 spiro atoms. The second-order valence-corrected chi connectivity index (χ2v) is 4.49. The highest BCUT2D eigenvalue weighted by atomic mass is 16.2. The molecular formula is C13H16N4O3. The molecule has 4 N–H and O–H groups in total. The van der Waals surface area contributed by atoms with E-state index in [2.05, 4.69) is 10.6 Å². The largest absolute Gasteiger partial charge is 0.351 e. The minimum atomic E-state index is -0.626. The van der Waals surface area contributed by atoms with Gasteiger partial charge in [0.1, 0.15) is 0 Å². The summed E-state index contributed by atoms with van der Waals surface area (Å²) < 4.78 is 0. The van der Waals surface area contributed by atoms with Gasteiger partial charge in [-0.05, 0) is 24.1 Å². The third kappa shape index (κ3) is 3.47. The van der Waals surface area contributed by atoms with Gasteiger partial charge in [-0.15, -0.1) is 0 Å². The van der Waals surface area contributed by atoms with E-state index in [1.165, 1.54) is 4.90 Å². The molecule has 1 saturated heterocycles. The molecule has 0 bridgehead atoms. The summed E-state index contributed by atoms with van der Waals surface area (Å²) in [5, 5.41) is 5.13. The summed E-state index contributed by atoms with van der Waals surface area (Å²) in [6, 6.07) is 5.90. The number of nitrogens with one attached hydrogen (secondary N) is 2. The van der Waals surface area contributed by atoms with Gasteiger partial charge in [-0.2, -0.15) is 0 Å². The number of nitrogens with two attached hydrogens (primary N) is 1. The lowest BCUT2D eigenvalue weighted by molar-refractivity contribution is -0.125. The number of carbonyl (C=O) groups excluding carboxylic acids is 3. The zero-order valence-electron chi connectivity index (χ0n) is 10.9. The van der Waals surface area contributed by atoms with E-state index in [-0.39, 0.29) is 11.9 Å². The Hall–Kier alpha value is -2.57. The molecule has 1 aromatic rings. The van der Waals surface area contributed by atoms with Crippen LogP contribution in [-0.2, 0) is 11.3 Å². The van der Waals surface area contributed by atoms with Crippen LogP contribution in [0.3, 0.4) is 0 Å². The van der Waals surface area contributed by atoms with E-state index in [0.29, 0.717) is 25.2 Å². The highest BCUT2D eigenvalue weighted by Gasteiger charge is 2.25. The van der Waals surface area contributed by atoms with E-state index < -0.39 is 6.03 Å². The van der Waals surface area contributed by atoms with Gasteiger partial charge in [-0.1, -0.05) is 12.1 Å². The van der Waals surface area contributed by atoms with Crippen molar-refractivity contribution in [3.05, 3.63) is 29.8 Å². The zero-order valence-corrected chi connectivity index (χ0v) is 10.9. The second-order valence-electron chi connectivity index (χ2n) is 4.49. The standard InChI is InChI=1S/C13H16N4O3/c14-12(19)16-10-5-3-9(4-6-10)8-15-13(20)17-7-1-2-11(17)18/h3-6H,1-2,7-8H2,(H,15,20)(H3,14,16,19). The van der Waals surface area contributed by atoms with Crippen molar-refractivity contribution < 1.29 is 14.4 Å². The highest BCUT2D eigenvalue weighted by molar-refractivity contribution is 5.95. The van der Waals surface area contributed by atoms with Crippen molar-refractivity contribution in [1.29, 1.82) is 0 Å². The third-order valence-corrected chi connectivity index (χ3v) is 2.98. The van der Waals surface area contributed by atoms with Crippen molar-refractivity contribution in [3.8, 4) is 0 Å². The monoisotopic (exact) mass is 276 g/mol. The molecule has 0 unspecified atom stereocenters. The van der Waals surface area contributed by atoms with Crippen molar-refractivity contribution in [2.24, 2.45) is 5.73 Å². The van der Waals surface area contributed by atoms with Crippen LogP contribution in [0.1, 0.15) is 18.4 Å². The molecule has 0 saturated carbocycles. The number of nitrogens with zero attached hydrogens (tertiary/aromatic N) is 1. The summed E-state index contributed by atoms with van der Waals surface area (Å²) in [6.07, 6.45) is 1.15. The Bertz CT molecular complexity index is 527. The lowest BCUT2D eigenvalue weighted by atomic mass is 10.2. The first-order chi connectivity index (χ1) is 9.56. The Morgan fingerprint density at radius 1 is 1.25 bits per heavy atom. The normalized spacial score (nSPS) is 14.2. The molecule has 106 valence electrons. The number of primary amides is 1. The van der Waals surface area contributed by atoms with E-state index >= 15 is 0 Å². The van der Waals surface area contributed by atoms with Gasteiger partial charge in [-0.3, -0.25) is 9.69 Å². The Morgan fingerprint density at radius 3 is 2.50 bits per heavy atom. The summed E-state index contributed by atoms with van der Waals surface area (Å²) in [6.45, 7) is 0.797. The Kier molecular flexibility index (Phi) is 4.19. The average molecular weight is 276 g/mol. The van der Waals surface area contributed by atoms with Gasteiger partial charge in [0.05, 0.1) is 0 Å². The number of hydrogen-bond acceptors (Lipinski definition) is 3. The lowest BCUT2D eigenvalue weighted by Gasteiger charge is -2.14. The van der Waals surface area contributed by atoms with Crippen molar-refractivity contribution in [2.45, 2.75) is 19.4 Å². The summed E-state index contributed by atoms with van der Waals surface area (Å²) in [5.41, 5.74) is 6.45. The van der Waals surface area contributed by atoms with Gasteiger partial charge < -0.3 is 16.4 Å². The molecule has 1 fully saturated rings.